The van der Waals surface area contributed by atoms with Gasteiger partial charge in [0.25, 0.3) is 0 Å². The highest BCUT2D eigenvalue weighted by atomic mass is 32.2. The van der Waals surface area contributed by atoms with E-state index in [9.17, 15) is 0 Å². The van der Waals surface area contributed by atoms with Crippen molar-refractivity contribution in [1.29, 1.82) is 0 Å². The molecule has 0 bridgehead atoms. The summed E-state index contributed by atoms with van der Waals surface area (Å²) >= 11 is 2.01. The molecule has 0 amide bonds. The van der Waals surface area contributed by atoms with Crippen molar-refractivity contribution in [2.45, 2.75) is 65.5 Å². The van der Waals surface area contributed by atoms with E-state index in [1.807, 2.05) is 11.8 Å². The van der Waals surface area contributed by atoms with Crippen molar-refractivity contribution in [1.82, 2.24) is 15.1 Å². The van der Waals surface area contributed by atoms with Crippen LogP contribution in [0.3, 0.4) is 0 Å². The van der Waals surface area contributed by atoms with Gasteiger partial charge < -0.3 is 5.32 Å². The Kier molecular flexibility index (Phi) is 9.03. The van der Waals surface area contributed by atoms with Gasteiger partial charge in [0.05, 0.1) is 11.7 Å². The van der Waals surface area contributed by atoms with Crippen LogP contribution < -0.4 is 5.32 Å². The van der Waals surface area contributed by atoms with E-state index >= 15 is 0 Å². The highest BCUT2D eigenvalue weighted by Gasteiger charge is 2.12. The third-order valence-electron chi connectivity index (χ3n) is 3.64. The molecular weight excluding hydrogens is 266 g/mol. The van der Waals surface area contributed by atoms with Gasteiger partial charge in [0.1, 0.15) is 0 Å². The first kappa shape index (κ1) is 17.6. The summed E-state index contributed by atoms with van der Waals surface area (Å²) in [5, 5.41) is 8.42. The predicted molar refractivity (Wildman–Crippen MR) is 90.6 cm³/mol. The van der Waals surface area contributed by atoms with Crippen molar-refractivity contribution in [2.75, 3.05) is 18.1 Å². The third kappa shape index (κ3) is 5.88. The smallest absolute Gasteiger partial charge is 0.0640 e. The van der Waals surface area contributed by atoms with Crippen molar-refractivity contribution >= 4 is 11.8 Å². The van der Waals surface area contributed by atoms with E-state index in [0.717, 1.165) is 25.8 Å². The Hall–Kier alpha value is -0.480. The van der Waals surface area contributed by atoms with Crippen LogP contribution in [-0.4, -0.2) is 33.9 Å². The van der Waals surface area contributed by atoms with Gasteiger partial charge in [0.2, 0.25) is 0 Å². The van der Waals surface area contributed by atoms with Gasteiger partial charge in [-0.3, -0.25) is 4.68 Å². The molecule has 1 N–H and O–H groups in total. The lowest BCUT2D eigenvalue weighted by atomic mass is 10.2. The van der Waals surface area contributed by atoms with Crippen LogP contribution in [-0.2, 0) is 6.42 Å². The lowest BCUT2D eigenvalue weighted by Crippen LogP contribution is -2.34. The van der Waals surface area contributed by atoms with E-state index in [0.29, 0.717) is 12.1 Å². The molecule has 0 aliphatic rings. The second-order valence-corrected chi connectivity index (χ2v) is 6.59. The van der Waals surface area contributed by atoms with Crippen LogP contribution in [0.15, 0.2) is 12.3 Å². The molecule has 0 spiro atoms. The average molecular weight is 298 g/mol. The Morgan fingerprint density at radius 3 is 2.60 bits per heavy atom. The van der Waals surface area contributed by atoms with Crippen LogP contribution in [0.4, 0.5) is 0 Å². The molecule has 0 saturated heterocycles. The fourth-order valence-electron chi connectivity index (χ4n) is 2.40. The van der Waals surface area contributed by atoms with E-state index in [2.05, 4.69) is 50.0 Å². The van der Waals surface area contributed by atoms with Gasteiger partial charge in [-0.1, -0.05) is 27.7 Å². The van der Waals surface area contributed by atoms with Crippen molar-refractivity contribution in [3.63, 3.8) is 0 Å². The molecule has 0 aromatic carbocycles. The molecule has 1 unspecified atom stereocenters. The summed E-state index contributed by atoms with van der Waals surface area (Å²) in [6, 6.07) is 3.29. The summed E-state index contributed by atoms with van der Waals surface area (Å²) in [6.45, 7) is 10.0. The zero-order valence-corrected chi connectivity index (χ0v) is 14.4. The van der Waals surface area contributed by atoms with Gasteiger partial charge >= 0.3 is 0 Å². The van der Waals surface area contributed by atoms with E-state index in [-0.39, 0.29) is 0 Å². The average Bonchev–Trinajstić information content (AvgIpc) is 2.91. The Labute approximate surface area is 128 Å². The predicted octanol–water partition coefficient (Wildman–Crippen LogP) is 3.91. The first-order chi connectivity index (χ1) is 9.74. The fourth-order valence-corrected chi connectivity index (χ4v) is 3.16. The van der Waals surface area contributed by atoms with Crippen molar-refractivity contribution < 1.29 is 0 Å². The molecule has 4 heteroatoms. The number of aromatic nitrogens is 2. The lowest BCUT2D eigenvalue weighted by Gasteiger charge is -2.17. The molecule has 1 aromatic rings. The molecule has 0 aliphatic carbocycles. The Morgan fingerprint density at radius 2 is 2.00 bits per heavy atom. The number of nitrogens with one attached hydrogen (secondary N) is 1. The van der Waals surface area contributed by atoms with Crippen LogP contribution in [0.2, 0.25) is 0 Å². The fraction of sp³-hybridized carbons (Fsp3) is 0.812. The van der Waals surface area contributed by atoms with Gasteiger partial charge in [-0.2, -0.15) is 16.9 Å². The maximum Gasteiger partial charge on any atom is 0.0640 e. The molecule has 0 saturated carbocycles. The summed E-state index contributed by atoms with van der Waals surface area (Å²) in [5.41, 5.74) is 1.22. The number of hydrogen-bond acceptors (Lipinski definition) is 3. The van der Waals surface area contributed by atoms with Crippen LogP contribution in [0.25, 0.3) is 0 Å². The Morgan fingerprint density at radius 1 is 1.25 bits per heavy atom. The highest BCUT2D eigenvalue weighted by Crippen LogP contribution is 2.15. The normalized spacial score (nSPS) is 13.1. The number of hydrogen-bond donors (Lipinski definition) is 1. The zero-order valence-electron chi connectivity index (χ0n) is 13.6. The number of thioether (sulfide) groups is 1. The molecular formula is C16H31N3S. The monoisotopic (exact) mass is 297 g/mol. The molecule has 0 fully saturated rings. The van der Waals surface area contributed by atoms with Crippen molar-refractivity contribution in [2.24, 2.45) is 0 Å². The van der Waals surface area contributed by atoms with Gasteiger partial charge in [-0.25, -0.2) is 0 Å². The van der Waals surface area contributed by atoms with Gasteiger partial charge in [0.15, 0.2) is 0 Å². The summed E-state index contributed by atoms with van der Waals surface area (Å²) in [7, 11) is 0. The Balaban J connectivity index is 2.58. The topological polar surface area (TPSA) is 29.9 Å². The minimum atomic E-state index is 0.546. The molecule has 1 atom stereocenters. The Bertz CT molecular complexity index is 339. The van der Waals surface area contributed by atoms with Gasteiger partial charge in [-0.15, -0.1) is 0 Å². The maximum absolute atomic E-state index is 4.78. The van der Waals surface area contributed by atoms with Crippen LogP contribution in [0, 0.1) is 0 Å². The molecule has 1 rings (SSSR count). The maximum atomic E-state index is 4.78. The summed E-state index contributed by atoms with van der Waals surface area (Å²) < 4.78 is 2.15. The summed E-state index contributed by atoms with van der Waals surface area (Å²) in [6.07, 6.45) is 6.69. The molecule has 1 aromatic heterocycles. The zero-order chi connectivity index (χ0) is 14.8. The molecule has 3 nitrogen and oxygen atoms in total. The van der Waals surface area contributed by atoms with Crippen LogP contribution in [0.5, 0.6) is 0 Å². The standard InChI is InChI=1S/C16H31N3S/c1-5-10-17-15(13-20-8-4)12-14-9-11-19(18-14)16(6-2)7-3/h9,11,15-17H,5-8,10,12-13H2,1-4H3. The lowest BCUT2D eigenvalue weighted by molar-refractivity contribution is 0.423. The molecule has 0 radical (unpaired) electrons. The molecule has 1 heterocycles. The molecule has 116 valence electrons. The first-order valence-corrected chi connectivity index (χ1v) is 9.25. The van der Waals surface area contributed by atoms with E-state index in [1.54, 1.807) is 0 Å². The van der Waals surface area contributed by atoms with Gasteiger partial charge in [-0.05, 0) is 37.6 Å². The minimum Gasteiger partial charge on any atom is -0.313 e. The van der Waals surface area contributed by atoms with Crippen molar-refractivity contribution in [3.8, 4) is 0 Å². The summed E-state index contributed by atoms with van der Waals surface area (Å²) in [5.74, 6) is 2.36. The highest BCUT2D eigenvalue weighted by molar-refractivity contribution is 7.99. The molecule has 20 heavy (non-hydrogen) atoms. The quantitative estimate of drug-likeness (QED) is 0.671. The van der Waals surface area contributed by atoms with Gasteiger partial charge in [0, 0.05) is 24.4 Å². The first-order valence-electron chi connectivity index (χ1n) is 8.10. The number of rotatable bonds is 11. The number of nitrogens with zero attached hydrogens (tertiary/aromatic N) is 2. The van der Waals surface area contributed by atoms with Crippen molar-refractivity contribution in [3.05, 3.63) is 18.0 Å². The molecule has 0 aliphatic heterocycles. The van der Waals surface area contributed by atoms with E-state index < -0.39 is 0 Å². The largest absolute Gasteiger partial charge is 0.313 e. The van der Waals surface area contributed by atoms with Crippen LogP contribution >= 0.6 is 11.8 Å². The minimum absolute atomic E-state index is 0.546. The second kappa shape index (κ2) is 10.3. The van der Waals surface area contributed by atoms with Crippen LogP contribution in [0.1, 0.15) is 58.7 Å². The second-order valence-electron chi connectivity index (χ2n) is 5.27. The summed E-state index contributed by atoms with van der Waals surface area (Å²) in [4.78, 5) is 0. The third-order valence-corrected chi connectivity index (χ3v) is 4.69. The SMILES string of the molecule is CCCNC(CSCC)Cc1ccn(C(CC)CC)n1. The van der Waals surface area contributed by atoms with E-state index in [1.165, 1.54) is 23.6 Å². The van der Waals surface area contributed by atoms with E-state index in [4.69, 9.17) is 5.10 Å².